The maximum Gasteiger partial charge on any atom is 0.287 e. The fraction of sp³-hybridized carbons (Fsp3) is 0.143. The average Bonchev–Trinajstić information content (AvgIpc) is 3.51. The number of furan rings is 2. The summed E-state index contributed by atoms with van der Waals surface area (Å²) in [7, 11) is 0. The van der Waals surface area contributed by atoms with Crippen LogP contribution in [0.25, 0.3) is 22.0 Å². The molecule has 0 saturated heterocycles. The summed E-state index contributed by atoms with van der Waals surface area (Å²) in [4.78, 5) is 21.0. The number of para-hydroxylation sites is 1. The molecule has 0 atom stereocenters. The molecule has 9 heteroatoms. The smallest absolute Gasteiger partial charge is 0.287 e. The molecule has 5 aromatic rings. The summed E-state index contributed by atoms with van der Waals surface area (Å²) in [6.45, 7) is 1.35. The molecule has 0 aliphatic heterocycles. The Morgan fingerprint density at radius 3 is 2.93 bits per heavy atom. The molecule has 0 saturated carbocycles. The van der Waals surface area contributed by atoms with Crippen molar-refractivity contribution < 1.29 is 13.6 Å². The maximum atomic E-state index is 12.4. The standard InChI is InChI=1S/C21H18N6O3/c28-21(18-10-14-4-1-2-6-17(14)30-18)22-7-8-27-20-16(12-26-27)19(24-13-25-20)23-11-15-5-3-9-29-15/h1-6,9-10,12-13H,7-8,11H2,(H,22,28)(H,23,24,25). The number of nitrogens with one attached hydrogen (secondary N) is 2. The number of carbonyl (C=O) groups is 1. The molecule has 0 aliphatic carbocycles. The van der Waals surface area contributed by atoms with E-state index < -0.39 is 0 Å². The Hall–Kier alpha value is -4.14. The molecule has 30 heavy (non-hydrogen) atoms. The van der Waals surface area contributed by atoms with Gasteiger partial charge in [0.05, 0.1) is 30.9 Å². The van der Waals surface area contributed by atoms with E-state index in [0.29, 0.717) is 36.7 Å². The second-order valence-corrected chi connectivity index (χ2v) is 6.66. The van der Waals surface area contributed by atoms with Gasteiger partial charge in [-0.3, -0.25) is 4.79 Å². The van der Waals surface area contributed by atoms with Crippen molar-refractivity contribution in [2.75, 3.05) is 11.9 Å². The summed E-state index contributed by atoms with van der Waals surface area (Å²) < 4.78 is 12.6. The van der Waals surface area contributed by atoms with E-state index in [0.717, 1.165) is 16.5 Å². The van der Waals surface area contributed by atoms with E-state index >= 15 is 0 Å². The van der Waals surface area contributed by atoms with Gasteiger partial charge in [-0.05, 0) is 24.3 Å². The summed E-state index contributed by atoms with van der Waals surface area (Å²) in [5.74, 6) is 1.50. The lowest BCUT2D eigenvalue weighted by atomic mass is 10.2. The molecule has 0 spiro atoms. The van der Waals surface area contributed by atoms with Gasteiger partial charge in [-0.1, -0.05) is 18.2 Å². The van der Waals surface area contributed by atoms with Crippen molar-refractivity contribution in [3.05, 3.63) is 72.8 Å². The number of benzene rings is 1. The first-order chi connectivity index (χ1) is 14.8. The zero-order valence-corrected chi connectivity index (χ0v) is 15.9. The van der Waals surface area contributed by atoms with E-state index in [2.05, 4.69) is 25.7 Å². The van der Waals surface area contributed by atoms with Crippen molar-refractivity contribution in [1.82, 2.24) is 25.1 Å². The monoisotopic (exact) mass is 402 g/mol. The molecule has 0 bridgehead atoms. The van der Waals surface area contributed by atoms with Crippen LogP contribution in [0.4, 0.5) is 5.82 Å². The van der Waals surface area contributed by atoms with Crippen LogP contribution in [-0.4, -0.2) is 32.2 Å². The number of nitrogens with zero attached hydrogens (tertiary/aromatic N) is 4. The van der Waals surface area contributed by atoms with E-state index in [1.165, 1.54) is 6.33 Å². The molecule has 1 aromatic carbocycles. The number of rotatable bonds is 7. The molecule has 0 radical (unpaired) electrons. The summed E-state index contributed by atoms with van der Waals surface area (Å²) in [6, 6.07) is 13.0. The highest BCUT2D eigenvalue weighted by Gasteiger charge is 2.13. The van der Waals surface area contributed by atoms with Crippen molar-refractivity contribution in [2.24, 2.45) is 0 Å². The van der Waals surface area contributed by atoms with Crippen LogP contribution >= 0.6 is 0 Å². The van der Waals surface area contributed by atoms with Crippen LogP contribution in [0.5, 0.6) is 0 Å². The minimum absolute atomic E-state index is 0.266. The molecule has 150 valence electrons. The largest absolute Gasteiger partial charge is 0.467 e. The summed E-state index contributed by atoms with van der Waals surface area (Å²) in [5.41, 5.74) is 1.37. The number of hydrogen-bond donors (Lipinski definition) is 2. The van der Waals surface area contributed by atoms with Gasteiger partial charge in [-0.2, -0.15) is 5.10 Å². The van der Waals surface area contributed by atoms with Crippen LogP contribution in [0.3, 0.4) is 0 Å². The number of fused-ring (bicyclic) bond motifs is 2. The van der Waals surface area contributed by atoms with Crippen molar-refractivity contribution in [1.29, 1.82) is 0 Å². The fourth-order valence-electron chi connectivity index (χ4n) is 3.24. The van der Waals surface area contributed by atoms with E-state index in [9.17, 15) is 4.79 Å². The Labute approximate surface area is 170 Å². The predicted octanol–water partition coefficient (Wildman–Crippen LogP) is 3.21. The summed E-state index contributed by atoms with van der Waals surface area (Å²) >= 11 is 0. The first-order valence-corrected chi connectivity index (χ1v) is 9.47. The number of amides is 1. The van der Waals surface area contributed by atoms with Gasteiger partial charge in [0.15, 0.2) is 11.4 Å². The third-order valence-electron chi connectivity index (χ3n) is 4.70. The summed E-state index contributed by atoms with van der Waals surface area (Å²) in [6.07, 6.45) is 4.82. The molecular formula is C21H18N6O3. The first kappa shape index (κ1) is 17.9. The predicted molar refractivity (Wildman–Crippen MR) is 110 cm³/mol. The number of anilines is 1. The van der Waals surface area contributed by atoms with Crippen LogP contribution in [0.1, 0.15) is 16.3 Å². The van der Waals surface area contributed by atoms with Gasteiger partial charge < -0.3 is 19.5 Å². The molecule has 0 unspecified atom stereocenters. The van der Waals surface area contributed by atoms with Gasteiger partial charge in [-0.25, -0.2) is 14.6 Å². The van der Waals surface area contributed by atoms with Crippen molar-refractivity contribution in [3.8, 4) is 0 Å². The van der Waals surface area contributed by atoms with Gasteiger partial charge in [-0.15, -0.1) is 0 Å². The number of aromatic nitrogens is 4. The molecule has 2 N–H and O–H groups in total. The van der Waals surface area contributed by atoms with Gasteiger partial charge >= 0.3 is 0 Å². The average molecular weight is 402 g/mol. The van der Waals surface area contributed by atoms with Crippen molar-refractivity contribution >= 4 is 33.7 Å². The van der Waals surface area contributed by atoms with Crippen molar-refractivity contribution in [3.63, 3.8) is 0 Å². The molecule has 4 aromatic heterocycles. The lowest BCUT2D eigenvalue weighted by molar-refractivity contribution is 0.0926. The molecule has 0 aliphatic rings. The zero-order chi connectivity index (χ0) is 20.3. The van der Waals surface area contributed by atoms with Gasteiger partial charge in [0, 0.05) is 11.9 Å². The highest BCUT2D eigenvalue weighted by atomic mass is 16.3. The SMILES string of the molecule is O=C(NCCn1ncc2c(NCc3ccco3)ncnc21)c1cc2ccccc2o1. The van der Waals surface area contributed by atoms with E-state index in [1.54, 1.807) is 23.2 Å². The molecule has 4 heterocycles. The van der Waals surface area contributed by atoms with Crippen LogP contribution < -0.4 is 10.6 Å². The first-order valence-electron chi connectivity index (χ1n) is 9.47. The molecule has 1 amide bonds. The van der Waals surface area contributed by atoms with Crippen LogP contribution in [-0.2, 0) is 13.1 Å². The molecule has 0 fully saturated rings. The fourth-order valence-corrected chi connectivity index (χ4v) is 3.24. The number of carbonyl (C=O) groups excluding carboxylic acids is 1. The normalized spacial score (nSPS) is 11.2. The van der Waals surface area contributed by atoms with Gasteiger partial charge in [0.1, 0.15) is 23.5 Å². The van der Waals surface area contributed by atoms with Gasteiger partial charge in [0.2, 0.25) is 0 Å². The minimum Gasteiger partial charge on any atom is -0.467 e. The molecular weight excluding hydrogens is 384 g/mol. The lowest BCUT2D eigenvalue weighted by Crippen LogP contribution is -2.27. The third kappa shape index (κ3) is 3.48. The number of hydrogen-bond acceptors (Lipinski definition) is 7. The summed E-state index contributed by atoms with van der Waals surface area (Å²) in [5, 5.41) is 12.2. The Morgan fingerprint density at radius 2 is 2.07 bits per heavy atom. The Balaban J connectivity index is 1.24. The van der Waals surface area contributed by atoms with Crippen LogP contribution in [0, 0.1) is 0 Å². The Morgan fingerprint density at radius 1 is 1.13 bits per heavy atom. The van der Waals surface area contributed by atoms with E-state index in [1.807, 2.05) is 36.4 Å². The highest BCUT2D eigenvalue weighted by molar-refractivity contribution is 5.96. The molecule has 9 nitrogen and oxygen atoms in total. The van der Waals surface area contributed by atoms with E-state index in [4.69, 9.17) is 8.83 Å². The Bertz CT molecular complexity index is 1270. The second-order valence-electron chi connectivity index (χ2n) is 6.66. The highest BCUT2D eigenvalue weighted by Crippen LogP contribution is 2.20. The third-order valence-corrected chi connectivity index (χ3v) is 4.70. The molecule has 5 rings (SSSR count). The zero-order valence-electron chi connectivity index (χ0n) is 15.9. The maximum absolute atomic E-state index is 12.4. The minimum atomic E-state index is -0.266. The van der Waals surface area contributed by atoms with E-state index in [-0.39, 0.29) is 11.7 Å². The van der Waals surface area contributed by atoms with Gasteiger partial charge in [0.25, 0.3) is 5.91 Å². The second kappa shape index (κ2) is 7.70. The lowest BCUT2D eigenvalue weighted by Gasteiger charge is -2.06. The van der Waals surface area contributed by atoms with Crippen molar-refractivity contribution in [2.45, 2.75) is 13.1 Å². The topological polar surface area (TPSA) is 111 Å². The Kier molecular flexibility index (Phi) is 4.60. The quantitative estimate of drug-likeness (QED) is 0.430. The van der Waals surface area contributed by atoms with Crippen LogP contribution in [0.2, 0.25) is 0 Å². The van der Waals surface area contributed by atoms with Crippen LogP contribution in [0.15, 0.2) is 70.1 Å².